The van der Waals surface area contributed by atoms with E-state index < -0.39 is 0 Å². The number of carbonyl (C=O) groups is 1. The Hall–Kier alpha value is -2.67. The molecule has 1 amide bonds. The molecule has 4 nitrogen and oxygen atoms in total. The zero-order valence-corrected chi connectivity index (χ0v) is 11.4. The third-order valence-electron chi connectivity index (χ3n) is 3.06. The maximum absolute atomic E-state index is 12.2. The van der Waals surface area contributed by atoms with E-state index in [0.717, 1.165) is 11.3 Å². The summed E-state index contributed by atoms with van der Waals surface area (Å²) in [4.78, 5) is 16.5. The first-order valence-corrected chi connectivity index (χ1v) is 6.34. The van der Waals surface area contributed by atoms with E-state index in [0.29, 0.717) is 11.1 Å². The fourth-order valence-electron chi connectivity index (χ4n) is 2.03. The van der Waals surface area contributed by atoms with Gasteiger partial charge in [-0.05, 0) is 43.7 Å². The normalized spacial score (nSPS) is 11.4. The monoisotopic (exact) mass is 265 g/mol. The number of pyridine rings is 1. The van der Waals surface area contributed by atoms with Crippen molar-refractivity contribution in [2.45, 2.75) is 19.9 Å². The number of hydrogen-bond acceptors (Lipinski definition) is 3. The molecule has 0 saturated carbocycles. The fraction of sp³-hybridized carbons (Fsp3) is 0.188. The van der Waals surface area contributed by atoms with E-state index in [1.807, 2.05) is 32.0 Å². The second-order valence-corrected chi connectivity index (χ2v) is 4.59. The molecule has 0 aliphatic heterocycles. The number of aryl methyl sites for hydroxylation is 1. The average molecular weight is 265 g/mol. The van der Waals surface area contributed by atoms with Crippen LogP contribution in [0, 0.1) is 18.3 Å². The summed E-state index contributed by atoms with van der Waals surface area (Å²) in [6.45, 7) is 3.85. The van der Waals surface area contributed by atoms with Gasteiger partial charge in [0.25, 0.3) is 5.91 Å². The van der Waals surface area contributed by atoms with Crippen molar-refractivity contribution < 1.29 is 4.79 Å². The minimum Gasteiger partial charge on any atom is -0.344 e. The summed E-state index contributed by atoms with van der Waals surface area (Å²) < 4.78 is 0. The summed E-state index contributed by atoms with van der Waals surface area (Å²) in [6.07, 6.45) is 1.71. The molecule has 0 fully saturated rings. The number of rotatable bonds is 3. The number of carbonyl (C=O) groups excluding carboxylic acids is 1. The summed E-state index contributed by atoms with van der Waals surface area (Å²) in [6, 6.07) is 12.3. The van der Waals surface area contributed by atoms with Gasteiger partial charge in [-0.3, -0.25) is 9.78 Å². The first kappa shape index (κ1) is 13.8. The lowest BCUT2D eigenvalue weighted by Crippen LogP contribution is -2.27. The average Bonchev–Trinajstić information content (AvgIpc) is 2.47. The molecule has 1 aromatic carbocycles. The van der Waals surface area contributed by atoms with E-state index in [1.165, 1.54) is 0 Å². The third-order valence-corrected chi connectivity index (χ3v) is 3.06. The van der Waals surface area contributed by atoms with E-state index in [4.69, 9.17) is 5.26 Å². The molecular weight excluding hydrogens is 250 g/mol. The van der Waals surface area contributed by atoms with Crippen LogP contribution in [0.5, 0.6) is 0 Å². The topological polar surface area (TPSA) is 65.8 Å². The lowest BCUT2D eigenvalue weighted by molar-refractivity contribution is 0.0939. The van der Waals surface area contributed by atoms with E-state index in [1.54, 1.807) is 30.5 Å². The van der Waals surface area contributed by atoms with Crippen LogP contribution in [0.25, 0.3) is 0 Å². The van der Waals surface area contributed by atoms with Gasteiger partial charge in [0.15, 0.2) is 0 Å². The standard InChI is InChI=1S/C16H15N3O/c1-11-5-4-8-18-15(11)12(2)19-16(20)14-7-3-6-13(9-14)10-17/h3-9,12H,1-2H3,(H,19,20)/t12-/m0/s1. The van der Waals surface area contributed by atoms with Gasteiger partial charge < -0.3 is 5.32 Å². The third kappa shape index (κ3) is 3.01. The minimum atomic E-state index is -0.209. The Kier molecular flexibility index (Phi) is 4.11. The van der Waals surface area contributed by atoms with Gasteiger partial charge in [0.1, 0.15) is 0 Å². The summed E-state index contributed by atoms with van der Waals surface area (Å²) >= 11 is 0. The predicted molar refractivity (Wildman–Crippen MR) is 76.0 cm³/mol. The van der Waals surface area contributed by atoms with Crippen LogP contribution in [0.2, 0.25) is 0 Å². The van der Waals surface area contributed by atoms with Crippen molar-refractivity contribution in [2.24, 2.45) is 0 Å². The Morgan fingerprint density at radius 2 is 2.15 bits per heavy atom. The first-order chi connectivity index (χ1) is 9.61. The van der Waals surface area contributed by atoms with Gasteiger partial charge >= 0.3 is 0 Å². The van der Waals surface area contributed by atoms with Gasteiger partial charge in [-0.25, -0.2) is 0 Å². The van der Waals surface area contributed by atoms with Crippen LogP contribution >= 0.6 is 0 Å². The molecule has 0 unspecified atom stereocenters. The molecule has 1 heterocycles. The van der Waals surface area contributed by atoms with Crippen LogP contribution in [0.3, 0.4) is 0 Å². The van der Waals surface area contributed by atoms with Crippen molar-refractivity contribution in [3.63, 3.8) is 0 Å². The van der Waals surface area contributed by atoms with Crippen molar-refractivity contribution in [2.75, 3.05) is 0 Å². The molecular formula is C16H15N3O. The van der Waals surface area contributed by atoms with Crippen LogP contribution < -0.4 is 5.32 Å². The van der Waals surface area contributed by atoms with Crippen LogP contribution in [0.4, 0.5) is 0 Å². The molecule has 100 valence electrons. The zero-order chi connectivity index (χ0) is 14.5. The Balaban J connectivity index is 2.15. The maximum atomic E-state index is 12.2. The Bertz CT molecular complexity index is 673. The molecule has 4 heteroatoms. The van der Waals surface area contributed by atoms with E-state index in [-0.39, 0.29) is 11.9 Å². The SMILES string of the molecule is Cc1cccnc1[C@H](C)NC(=O)c1cccc(C#N)c1. The van der Waals surface area contributed by atoms with Crippen molar-refractivity contribution in [1.82, 2.24) is 10.3 Å². The van der Waals surface area contributed by atoms with Crippen LogP contribution in [-0.4, -0.2) is 10.9 Å². The number of benzene rings is 1. The summed E-state index contributed by atoms with van der Waals surface area (Å²) in [5.74, 6) is -0.209. The molecule has 1 N–H and O–H groups in total. The smallest absolute Gasteiger partial charge is 0.251 e. The number of nitrogens with one attached hydrogen (secondary N) is 1. The lowest BCUT2D eigenvalue weighted by Gasteiger charge is -2.15. The molecule has 1 atom stereocenters. The second-order valence-electron chi connectivity index (χ2n) is 4.59. The number of nitrogens with zero attached hydrogens (tertiary/aromatic N) is 2. The Morgan fingerprint density at radius 1 is 1.35 bits per heavy atom. The highest BCUT2D eigenvalue weighted by atomic mass is 16.1. The maximum Gasteiger partial charge on any atom is 0.251 e. The molecule has 0 saturated heterocycles. The molecule has 0 radical (unpaired) electrons. The van der Waals surface area contributed by atoms with Crippen LogP contribution in [0.15, 0.2) is 42.6 Å². The molecule has 0 spiro atoms. The van der Waals surface area contributed by atoms with Crippen LogP contribution in [0.1, 0.15) is 40.1 Å². The summed E-state index contributed by atoms with van der Waals surface area (Å²) in [5.41, 5.74) is 2.83. The number of nitriles is 1. The van der Waals surface area contributed by atoms with Gasteiger partial charge in [0.05, 0.1) is 23.4 Å². The van der Waals surface area contributed by atoms with Crippen molar-refractivity contribution >= 4 is 5.91 Å². The molecule has 0 bridgehead atoms. The first-order valence-electron chi connectivity index (χ1n) is 6.34. The van der Waals surface area contributed by atoms with Gasteiger partial charge in [0.2, 0.25) is 0 Å². The second kappa shape index (κ2) is 5.98. The highest BCUT2D eigenvalue weighted by molar-refractivity contribution is 5.94. The van der Waals surface area contributed by atoms with Gasteiger partial charge in [-0.2, -0.15) is 5.26 Å². The minimum absolute atomic E-state index is 0.186. The van der Waals surface area contributed by atoms with E-state index in [2.05, 4.69) is 10.3 Å². The molecule has 2 aromatic rings. The number of aromatic nitrogens is 1. The highest BCUT2D eigenvalue weighted by Gasteiger charge is 2.14. The predicted octanol–water partition coefficient (Wildman–Crippen LogP) is 2.75. The summed E-state index contributed by atoms with van der Waals surface area (Å²) in [5, 5.41) is 11.7. The molecule has 0 aliphatic rings. The molecule has 2 rings (SSSR count). The van der Waals surface area contributed by atoms with Gasteiger partial charge in [-0.15, -0.1) is 0 Å². The number of amides is 1. The largest absolute Gasteiger partial charge is 0.344 e. The number of hydrogen-bond donors (Lipinski definition) is 1. The van der Waals surface area contributed by atoms with Gasteiger partial charge in [0, 0.05) is 11.8 Å². The molecule has 20 heavy (non-hydrogen) atoms. The van der Waals surface area contributed by atoms with E-state index in [9.17, 15) is 4.79 Å². The van der Waals surface area contributed by atoms with Crippen molar-refractivity contribution in [1.29, 1.82) is 5.26 Å². The van der Waals surface area contributed by atoms with E-state index >= 15 is 0 Å². The fourth-order valence-corrected chi connectivity index (χ4v) is 2.03. The zero-order valence-electron chi connectivity index (χ0n) is 11.4. The van der Waals surface area contributed by atoms with Crippen molar-refractivity contribution in [3.05, 3.63) is 65.0 Å². The molecule has 0 aliphatic carbocycles. The Labute approximate surface area is 118 Å². The highest BCUT2D eigenvalue weighted by Crippen LogP contribution is 2.14. The van der Waals surface area contributed by atoms with Gasteiger partial charge in [-0.1, -0.05) is 12.1 Å². The summed E-state index contributed by atoms with van der Waals surface area (Å²) in [7, 11) is 0. The van der Waals surface area contributed by atoms with Crippen molar-refractivity contribution in [3.8, 4) is 6.07 Å². The van der Waals surface area contributed by atoms with Crippen LogP contribution in [-0.2, 0) is 0 Å². The Morgan fingerprint density at radius 3 is 2.85 bits per heavy atom. The quantitative estimate of drug-likeness (QED) is 0.928. The lowest BCUT2D eigenvalue weighted by atomic mass is 10.1. The molecule has 1 aromatic heterocycles.